The minimum Gasteiger partial charge on any atom is -0.293 e. The molecular weight excluding hydrogens is 264 g/mol. The van der Waals surface area contributed by atoms with Crippen LogP contribution >= 0.6 is 11.3 Å². The van der Waals surface area contributed by atoms with Gasteiger partial charge in [0.25, 0.3) is 0 Å². The summed E-state index contributed by atoms with van der Waals surface area (Å²) in [6.07, 6.45) is 0.480. The molecular formula is C18H16OS. The van der Waals surface area contributed by atoms with Crippen molar-refractivity contribution in [3.05, 3.63) is 70.1 Å². The summed E-state index contributed by atoms with van der Waals surface area (Å²) >= 11 is 1.58. The first-order chi connectivity index (χ1) is 9.63. The van der Waals surface area contributed by atoms with Crippen molar-refractivity contribution in [2.24, 2.45) is 0 Å². The maximum absolute atomic E-state index is 12.4. The molecule has 0 N–H and O–H groups in total. The van der Waals surface area contributed by atoms with Gasteiger partial charge in [-0.1, -0.05) is 36.4 Å². The highest BCUT2D eigenvalue weighted by atomic mass is 32.1. The number of carbonyl (C=O) groups excluding carboxylic acids is 1. The standard InChI is InChI=1S/C18H16OS/c1-12-7-8-14(9-13(12)2)10-16(19)18-11-15-5-3-4-6-17(15)20-18/h3-9,11H,10H2,1-2H3. The summed E-state index contributed by atoms with van der Waals surface area (Å²) in [6.45, 7) is 4.18. The van der Waals surface area contributed by atoms with E-state index in [1.807, 2.05) is 24.3 Å². The molecule has 2 aromatic carbocycles. The number of ketones is 1. The molecule has 0 spiro atoms. The third-order valence-electron chi connectivity index (χ3n) is 3.64. The van der Waals surface area contributed by atoms with Gasteiger partial charge in [0.15, 0.2) is 5.78 Å². The van der Waals surface area contributed by atoms with E-state index in [2.05, 4.69) is 38.1 Å². The molecule has 0 aliphatic rings. The molecule has 0 fully saturated rings. The molecule has 1 aromatic heterocycles. The lowest BCUT2D eigenvalue weighted by molar-refractivity contribution is 0.0997. The van der Waals surface area contributed by atoms with E-state index < -0.39 is 0 Å². The van der Waals surface area contributed by atoms with Gasteiger partial charge in [-0.15, -0.1) is 11.3 Å². The molecule has 0 aliphatic heterocycles. The van der Waals surface area contributed by atoms with E-state index in [4.69, 9.17) is 0 Å². The summed E-state index contributed by atoms with van der Waals surface area (Å²) in [7, 11) is 0. The van der Waals surface area contributed by atoms with Crippen molar-refractivity contribution in [2.45, 2.75) is 20.3 Å². The summed E-state index contributed by atoms with van der Waals surface area (Å²) in [4.78, 5) is 13.2. The third kappa shape index (κ3) is 2.52. The first-order valence-corrected chi connectivity index (χ1v) is 7.53. The van der Waals surface area contributed by atoms with Crippen LogP contribution < -0.4 is 0 Å². The van der Waals surface area contributed by atoms with Crippen molar-refractivity contribution in [1.82, 2.24) is 0 Å². The minimum absolute atomic E-state index is 0.203. The third-order valence-corrected chi connectivity index (χ3v) is 4.79. The highest BCUT2D eigenvalue weighted by Crippen LogP contribution is 2.26. The lowest BCUT2D eigenvalue weighted by Gasteiger charge is -2.03. The van der Waals surface area contributed by atoms with Gasteiger partial charge in [0.2, 0.25) is 0 Å². The Kier molecular flexibility index (Phi) is 3.41. The maximum Gasteiger partial charge on any atom is 0.177 e. The number of carbonyl (C=O) groups is 1. The Morgan fingerprint density at radius 1 is 1.00 bits per heavy atom. The summed E-state index contributed by atoms with van der Waals surface area (Å²) in [5.41, 5.74) is 3.60. The molecule has 1 heterocycles. The summed E-state index contributed by atoms with van der Waals surface area (Å²) in [6, 6.07) is 16.4. The van der Waals surface area contributed by atoms with Gasteiger partial charge in [-0.05, 0) is 48.1 Å². The zero-order valence-electron chi connectivity index (χ0n) is 11.6. The molecule has 0 saturated heterocycles. The summed E-state index contributed by atoms with van der Waals surface area (Å²) in [5, 5.41) is 1.15. The van der Waals surface area contributed by atoms with Crippen molar-refractivity contribution < 1.29 is 4.79 Å². The number of Topliss-reactive ketones (excluding diaryl/α,β-unsaturated/α-hetero) is 1. The van der Waals surface area contributed by atoms with Crippen LogP contribution in [0.1, 0.15) is 26.4 Å². The average molecular weight is 280 g/mol. The monoisotopic (exact) mass is 280 g/mol. The molecule has 0 bridgehead atoms. The van der Waals surface area contributed by atoms with Crippen LogP contribution in [0.3, 0.4) is 0 Å². The number of hydrogen-bond acceptors (Lipinski definition) is 2. The van der Waals surface area contributed by atoms with Gasteiger partial charge in [-0.2, -0.15) is 0 Å². The molecule has 1 nitrogen and oxygen atoms in total. The second-order valence-electron chi connectivity index (χ2n) is 5.17. The molecule has 0 saturated carbocycles. The van der Waals surface area contributed by atoms with Crippen molar-refractivity contribution in [3.8, 4) is 0 Å². The van der Waals surface area contributed by atoms with Gasteiger partial charge in [0.05, 0.1) is 4.88 Å². The first kappa shape index (κ1) is 13.1. The Morgan fingerprint density at radius 2 is 1.80 bits per heavy atom. The summed E-state index contributed by atoms with van der Waals surface area (Å²) in [5.74, 6) is 0.203. The molecule has 0 amide bonds. The first-order valence-electron chi connectivity index (χ1n) is 6.71. The van der Waals surface area contributed by atoms with Crippen molar-refractivity contribution >= 4 is 27.2 Å². The normalized spacial score (nSPS) is 10.9. The molecule has 20 heavy (non-hydrogen) atoms. The number of fused-ring (bicyclic) bond motifs is 1. The van der Waals surface area contributed by atoms with Crippen molar-refractivity contribution in [2.75, 3.05) is 0 Å². The lowest BCUT2D eigenvalue weighted by atomic mass is 10.0. The molecule has 2 heteroatoms. The second kappa shape index (κ2) is 5.22. The van der Waals surface area contributed by atoms with E-state index in [0.717, 1.165) is 15.8 Å². The van der Waals surface area contributed by atoms with Gasteiger partial charge in [0.1, 0.15) is 0 Å². The van der Waals surface area contributed by atoms with E-state index in [-0.39, 0.29) is 5.78 Å². The predicted molar refractivity (Wildman–Crippen MR) is 85.8 cm³/mol. The van der Waals surface area contributed by atoms with E-state index in [9.17, 15) is 4.79 Å². The maximum atomic E-state index is 12.4. The van der Waals surface area contributed by atoms with Crippen LogP contribution in [-0.2, 0) is 6.42 Å². The van der Waals surface area contributed by atoms with E-state index >= 15 is 0 Å². The summed E-state index contributed by atoms with van der Waals surface area (Å²) < 4.78 is 1.18. The van der Waals surface area contributed by atoms with Gasteiger partial charge in [-0.3, -0.25) is 4.79 Å². The fourth-order valence-corrected chi connectivity index (χ4v) is 3.31. The van der Waals surface area contributed by atoms with Gasteiger partial charge < -0.3 is 0 Å². The number of hydrogen-bond donors (Lipinski definition) is 0. The van der Waals surface area contributed by atoms with Crippen LogP contribution in [-0.4, -0.2) is 5.78 Å². The van der Waals surface area contributed by atoms with Crippen LogP contribution in [0, 0.1) is 13.8 Å². The molecule has 0 radical (unpaired) electrons. The number of aryl methyl sites for hydroxylation is 2. The van der Waals surface area contributed by atoms with Gasteiger partial charge in [0, 0.05) is 11.1 Å². The number of benzene rings is 2. The van der Waals surface area contributed by atoms with Crippen LogP contribution in [0.15, 0.2) is 48.5 Å². The molecule has 3 rings (SSSR count). The van der Waals surface area contributed by atoms with Crippen LogP contribution in [0.25, 0.3) is 10.1 Å². The van der Waals surface area contributed by atoms with Gasteiger partial charge >= 0.3 is 0 Å². The topological polar surface area (TPSA) is 17.1 Å². The van der Waals surface area contributed by atoms with Gasteiger partial charge in [-0.25, -0.2) is 0 Å². The zero-order chi connectivity index (χ0) is 14.1. The Morgan fingerprint density at radius 3 is 2.55 bits per heavy atom. The van der Waals surface area contributed by atoms with Crippen molar-refractivity contribution in [1.29, 1.82) is 0 Å². The second-order valence-corrected chi connectivity index (χ2v) is 6.25. The highest BCUT2D eigenvalue weighted by molar-refractivity contribution is 7.20. The largest absolute Gasteiger partial charge is 0.293 e. The highest BCUT2D eigenvalue weighted by Gasteiger charge is 2.11. The molecule has 0 atom stereocenters. The van der Waals surface area contributed by atoms with Crippen LogP contribution in [0.5, 0.6) is 0 Å². The Bertz CT molecular complexity index is 750. The fourth-order valence-electron chi connectivity index (χ4n) is 2.31. The molecule has 3 aromatic rings. The average Bonchev–Trinajstić information content (AvgIpc) is 2.87. The van der Waals surface area contributed by atoms with Crippen molar-refractivity contribution in [3.63, 3.8) is 0 Å². The number of thiophene rings is 1. The van der Waals surface area contributed by atoms with E-state index in [1.165, 1.54) is 15.8 Å². The minimum atomic E-state index is 0.203. The molecule has 0 unspecified atom stereocenters. The molecule has 100 valence electrons. The predicted octanol–water partition coefficient (Wildman–Crippen LogP) is 4.94. The smallest absolute Gasteiger partial charge is 0.177 e. The zero-order valence-corrected chi connectivity index (χ0v) is 12.5. The Hall–Kier alpha value is -1.93. The Balaban J connectivity index is 1.86. The van der Waals surface area contributed by atoms with E-state index in [1.54, 1.807) is 11.3 Å². The Labute approximate surface area is 122 Å². The quantitative estimate of drug-likeness (QED) is 0.621. The SMILES string of the molecule is Cc1ccc(CC(=O)c2cc3ccccc3s2)cc1C. The lowest BCUT2D eigenvalue weighted by Crippen LogP contribution is -2.01. The van der Waals surface area contributed by atoms with Crippen LogP contribution in [0.2, 0.25) is 0 Å². The van der Waals surface area contributed by atoms with E-state index in [0.29, 0.717) is 6.42 Å². The van der Waals surface area contributed by atoms with Crippen LogP contribution in [0.4, 0.5) is 0 Å². The number of rotatable bonds is 3. The fraction of sp³-hybridized carbons (Fsp3) is 0.167. The molecule has 0 aliphatic carbocycles.